The Morgan fingerprint density at radius 2 is 2.22 bits per heavy atom. The third-order valence-electron chi connectivity index (χ3n) is 2.65. The summed E-state index contributed by atoms with van der Waals surface area (Å²) in [7, 11) is 0. The number of carbonyl (C=O) groups excluding carboxylic acids is 1. The van der Waals surface area contributed by atoms with Gasteiger partial charge in [-0.05, 0) is 19.1 Å². The molecule has 1 unspecified atom stereocenters. The van der Waals surface area contributed by atoms with Gasteiger partial charge in [0.05, 0.1) is 23.6 Å². The van der Waals surface area contributed by atoms with Crippen LogP contribution >= 0.6 is 0 Å². The van der Waals surface area contributed by atoms with Crippen LogP contribution in [0.4, 0.5) is 0 Å². The zero-order valence-electron chi connectivity index (χ0n) is 10.1. The fraction of sp³-hybridized carbons (Fsp3) is 0.214. The molecule has 0 aliphatic carbocycles. The van der Waals surface area contributed by atoms with E-state index >= 15 is 0 Å². The first kappa shape index (κ1) is 12.1. The van der Waals surface area contributed by atoms with Crippen molar-refractivity contribution in [2.45, 2.75) is 19.4 Å². The Balaban J connectivity index is 2.31. The summed E-state index contributed by atoms with van der Waals surface area (Å²) in [5, 5.41) is 12.3. The van der Waals surface area contributed by atoms with Crippen molar-refractivity contribution in [3.63, 3.8) is 0 Å². The molecule has 1 amide bonds. The second-order valence-corrected chi connectivity index (χ2v) is 4.12. The van der Waals surface area contributed by atoms with Gasteiger partial charge in [-0.25, -0.2) is 0 Å². The van der Waals surface area contributed by atoms with Gasteiger partial charge in [0.1, 0.15) is 0 Å². The molecule has 0 aliphatic heterocycles. The minimum atomic E-state index is -0.193. The van der Waals surface area contributed by atoms with Crippen molar-refractivity contribution < 1.29 is 4.79 Å². The van der Waals surface area contributed by atoms with Gasteiger partial charge in [0.15, 0.2) is 0 Å². The lowest BCUT2D eigenvalue weighted by atomic mass is 10.1. The monoisotopic (exact) mass is 239 g/mol. The van der Waals surface area contributed by atoms with Gasteiger partial charge in [-0.3, -0.25) is 9.78 Å². The fourth-order valence-electron chi connectivity index (χ4n) is 1.78. The van der Waals surface area contributed by atoms with Gasteiger partial charge in [0.2, 0.25) is 0 Å². The summed E-state index contributed by atoms with van der Waals surface area (Å²) in [6, 6.07) is 11.1. The van der Waals surface area contributed by atoms with Crippen molar-refractivity contribution in [3.05, 3.63) is 42.1 Å². The number of hydrogen-bond acceptors (Lipinski definition) is 3. The molecule has 0 bridgehead atoms. The molecule has 0 aliphatic rings. The quantitative estimate of drug-likeness (QED) is 0.893. The van der Waals surface area contributed by atoms with Crippen LogP contribution in [0, 0.1) is 11.3 Å². The van der Waals surface area contributed by atoms with Crippen LogP contribution in [0.3, 0.4) is 0 Å². The number of aromatic nitrogens is 1. The Hall–Kier alpha value is -2.41. The molecule has 1 aromatic carbocycles. The van der Waals surface area contributed by atoms with Crippen LogP contribution in [-0.4, -0.2) is 16.9 Å². The SMILES string of the molecule is CC(CC#N)NC(=O)c1cccc2cccnc12. The first-order chi connectivity index (χ1) is 8.72. The standard InChI is InChI=1S/C14H13N3O/c1-10(7-8-15)17-14(18)12-6-2-4-11-5-3-9-16-13(11)12/h2-6,9-10H,7H2,1H3,(H,17,18). The number of nitrogens with one attached hydrogen (secondary N) is 1. The summed E-state index contributed by atoms with van der Waals surface area (Å²) in [5.41, 5.74) is 1.22. The maximum atomic E-state index is 12.1. The first-order valence-corrected chi connectivity index (χ1v) is 5.74. The summed E-state index contributed by atoms with van der Waals surface area (Å²) in [4.78, 5) is 16.3. The molecule has 1 atom stereocenters. The molecule has 2 aromatic rings. The summed E-state index contributed by atoms with van der Waals surface area (Å²) in [6.07, 6.45) is 1.96. The minimum Gasteiger partial charge on any atom is -0.348 e. The van der Waals surface area contributed by atoms with Crippen molar-refractivity contribution >= 4 is 16.8 Å². The van der Waals surface area contributed by atoms with Crippen LogP contribution in [0.2, 0.25) is 0 Å². The highest BCUT2D eigenvalue weighted by Crippen LogP contribution is 2.15. The van der Waals surface area contributed by atoms with E-state index in [9.17, 15) is 4.79 Å². The van der Waals surface area contributed by atoms with Gasteiger partial charge in [0, 0.05) is 17.6 Å². The van der Waals surface area contributed by atoms with Gasteiger partial charge < -0.3 is 5.32 Å². The Morgan fingerprint density at radius 3 is 3.00 bits per heavy atom. The molecule has 1 N–H and O–H groups in total. The highest BCUT2D eigenvalue weighted by Gasteiger charge is 2.12. The molecule has 1 aromatic heterocycles. The van der Waals surface area contributed by atoms with Crippen molar-refractivity contribution in [2.75, 3.05) is 0 Å². The first-order valence-electron chi connectivity index (χ1n) is 5.74. The lowest BCUT2D eigenvalue weighted by Gasteiger charge is -2.11. The Morgan fingerprint density at radius 1 is 1.44 bits per heavy atom. The van der Waals surface area contributed by atoms with Crippen LogP contribution in [0.5, 0.6) is 0 Å². The van der Waals surface area contributed by atoms with E-state index in [0.717, 1.165) is 5.39 Å². The van der Waals surface area contributed by atoms with Crippen LogP contribution < -0.4 is 5.32 Å². The van der Waals surface area contributed by atoms with Crippen LogP contribution in [0.1, 0.15) is 23.7 Å². The topological polar surface area (TPSA) is 65.8 Å². The van der Waals surface area contributed by atoms with E-state index < -0.39 is 0 Å². The molecule has 0 spiro atoms. The second-order valence-electron chi connectivity index (χ2n) is 4.12. The molecule has 1 heterocycles. The lowest BCUT2D eigenvalue weighted by molar-refractivity contribution is 0.0942. The predicted octanol–water partition coefficient (Wildman–Crippen LogP) is 2.27. The number of benzene rings is 1. The van der Waals surface area contributed by atoms with Crippen molar-refractivity contribution in [1.82, 2.24) is 10.3 Å². The number of fused-ring (bicyclic) bond motifs is 1. The third kappa shape index (κ3) is 2.46. The molecule has 2 rings (SSSR count). The number of nitrogens with zero attached hydrogens (tertiary/aromatic N) is 2. The van der Waals surface area contributed by atoms with E-state index in [1.165, 1.54) is 0 Å². The van der Waals surface area contributed by atoms with Gasteiger partial charge >= 0.3 is 0 Å². The molecule has 0 saturated carbocycles. The normalized spacial score (nSPS) is 11.8. The molecule has 4 heteroatoms. The molecule has 0 radical (unpaired) electrons. The summed E-state index contributed by atoms with van der Waals surface area (Å²) in [5.74, 6) is -0.193. The number of pyridine rings is 1. The zero-order chi connectivity index (χ0) is 13.0. The molecule has 4 nitrogen and oxygen atoms in total. The molecular weight excluding hydrogens is 226 g/mol. The van der Waals surface area contributed by atoms with Crippen LogP contribution in [-0.2, 0) is 0 Å². The number of amides is 1. The van der Waals surface area contributed by atoms with Gasteiger partial charge in [-0.15, -0.1) is 0 Å². The summed E-state index contributed by atoms with van der Waals surface area (Å²) >= 11 is 0. The zero-order valence-corrected chi connectivity index (χ0v) is 10.1. The Bertz CT molecular complexity index is 610. The molecule has 0 fully saturated rings. The number of para-hydroxylation sites is 1. The number of rotatable bonds is 3. The maximum Gasteiger partial charge on any atom is 0.253 e. The van der Waals surface area contributed by atoms with E-state index in [4.69, 9.17) is 5.26 Å². The van der Waals surface area contributed by atoms with Crippen molar-refractivity contribution in [3.8, 4) is 6.07 Å². The average molecular weight is 239 g/mol. The van der Waals surface area contributed by atoms with E-state index in [0.29, 0.717) is 17.5 Å². The fourth-order valence-corrected chi connectivity index (χ4v) is 1.78. The minimum absolute atomic E-state index is 0.165. The summed E-state index contributed by atoms with van der Waals surface area (Å²) in [6.45, 7) is 1.81. The summed E-state index contributed by atoms with van der Waals surface area (Å²) < 4.78 is 0. The number of nitriles is 1. The number of hydrogen-bond donors (Lipinski definition) is 1. The van der Waals surface area contributed by atoms with Crippen LogP contribution in [0.25, 0.3) is 10.9 Å². The Kier molecular flexibility index (Phi) is 3.54. The molecule has 18 heavy (non-hydrogen) atoms. The highest BCUT2D eigenvalue weighted by atomic mass is 16.1. The Labute approximate surface area is 105 Å². The molecule has 0 saturated heterocycles. The third-order valence-corrected chi connectivity index (χ3v) is 2.65. The predicted molar refractivity (Wildman–Crippen MR) is 68.9 cm³/mol. The van der Waals surface area contributed by atoms with Gasteiger partial charge in [-0.2, -0.15) is 5.26 Å². The van der Waals surface area contributed by atoms with E-state index in [1.807, 2.05) is 30.3 Å². The highest BCUT2D eigenvalue weighted by molar-refractivity contribution is 6.05. The molecular formula is C14H13N3O. The van der Waals surface area contributed by atoms with E-state index in [2.05, 4.69) is 10.3 Å². The van der Waals surface area contributed by atoms with Crippen molar-refractivity contribution in [2.24, 2.45) is 0 Å². The largest absolute Gasteiger partial charge is 0.348 e. The van der Waals surface area contributed by atoms with Crippen LogP contribution in [0.15, 0.2) is 36.5 Å². The van der Waals surface area contributed by atoms with Gasteiger partial charge in [-0.1, -0.05) is 18.2 Å². The smallest absolute Gasteiger partial charge is 0.253 e. The van der Waals surface area contributed by atoms with Crippen molar-refractivity contribution in [1.29, 1.82) is 5.26 Å². The average Bonchev–Trinajstić information content (AvgIpc) is 2.38. The van der Waals surface area contributed by atoms with Gasteiger partial charge in [0.25, 0.3) is 5.91 Å². The number of carbonyl (C=O) groups is 1. The maximum absolute atomic E-state index is 12.1. The second kappa shape index (κ2) is 5.28. The molecule has 90 valence electrons. The van der Waals surface area contributed by atoms with E-state index in [1.54, 1.807) is 19.2 Å². The lowest BCUT2D eigenvalue weighted by Crippen LogP contribution is -2.32. The van der Waals surface area contributed by atoms with E-state index in [-0.39, 0.29) is 11.9 Å².